The summed E-state index contributed by atoms with van der Waals surface area (Å²) in [6, 6.07) is 12.4. The van der Waals surface area contributed by atoms with Crippen LogP contribution in [0.2, 0.25) is 5.02 Å². The van der Waals surface area contributed by atoms with Gasteiger partial charge < -0.3 is 10.1 Å². The Kier molecular flexibility index (Phi) is 6.71. The van der Waals surface area contributed by atoms with Crippen LogP contribution in [-0.4, -0.2) is 42.0 Å². The van der Waals surface area contributed by atoms with Crippen LogP contribution in [-0.2, 0) is 11.3 Å². The maximum Gasteiger partial charge on any atom is 0.315 e. The minimum atomic E-state index is -0.405. The molecule has 1 aliphatic rings. The number of benzene rings is 2. The van der Waals surface area contributed by atoms with E-state index in [1.54, 1.807) is 30.3 Å². The van der Waals surface area contributed by atoms with Crippen molar-refractivity contribution < 1.29 is 14.5 Å². The summed E-state index contributed by atoms with van der Waals surface area (Å²) in [4.78, 5) is 25.8. The van der Waals surface area contributed by atoms with Gasteiger partial charge in [-0.25, -0.2) is 0 Å². The smallest absolute Gasteiger partial charge is 0.315 e. The molecular weight excluding hydrogens is 394 g/mol. The molecule has 3 rings (SSSR count). The highest BCUT2D eigenvalue weighted by molar-refractivity contribution is 6.30. The van der Waals surface area contributed by atoms with Gasteiger partial charge in [0, 0.05) is 36.3 Å². The average molecular weight is 418 g/mol. The van der Waals surface area contributed by atoms with Gasteiger partial charge in [0.05, 0.1) is 18.0 Å². The van der Waals surface area contributed by atoms with Gasteiger partial charge in [-0.15, -0.1) is 0 Å². The predicted octanol–water partition coefficient (Wildman–Crippen LogP) is 3.75. The van der Waals surface area contributed by atoms with Crippen molar-refractivity contribution in [2.24, 2.45) is 0 Å². The lowest BCUT2D eigenvalue weighted by Gasteiger charge is -2.19. The number of halogens is 1. The van der Waals surface area contributed by atoms with E-state index in [1.807, 2.05) is 19.1 Å². The number of methoxy groups -OCH3 is 1. The van der Waals surface area contributed by atoms with Gasteiger partial charge in [-0.1, -0.05) is 35.9 Å². The molecule has 0 aromatic heterocycles. The Bertz CT molecular complexity index is 888. The Morgan fingerprint density at radius 3 is 2.72 bits per heavy atom. The number of para-hydroxylation sites is 1. The molecule has 1 heterocycles. The number of hydrogen-bond acceptors (Lipinski definition) is 5. The molecule has 7 nitrogen and oxygen atoms in total. The van der Waals surface area contributed by atoms with E-state index in [2.05, 4.69) is 10.2 Å². The molecule has 8 heteroatoms. The molecule has 29 heavy (non-hydrogen) atoms. The zero-order chi connectivity index (χ0) is 21.0. The summed E-state index contributed by atoms with van der Waals surface area (Å²) in [7, 11) is 1.43. The largest absolute Gasteiger partial charge is 0.490 e. The summed E-state index contributed by atoms with van der Waals surface area (Å²) in [5.74, 6) is -0.0549. The Morgan fingerprint density at radius 1 is 1.34 bits per heavy atom. The lowest BCUT2D eigenvalue weighted by Crippen LogP contribution is -2.39. The van der Waals surface area contributed by atoms with Crippen molar-refractivity contribution in [1.29, 1.82) is 0 Å². The summed E-state index contributed by atoms with van der Waals surface area (Å²) in [5, 5.41) is 15.2. The molecule has 0 bridgehead atoms. The standard InChI is InChI=1S/C21H24ClN3O4/c1-14(15-6-8-17(22)9-7-15)21(26)23-18-10-11-24(13-18)12-16-4-3-5-19(29-2)20(16)25(27)28/h3-9,14,18H,10-13H2,1-2H3,(H,23,26). The van der Waals surface area contributed by atoms with Crippen molar-refractivity contribution in [2.75, 3.05) is 20.2 Å². The first kappa shape index (κ1) is 21.1. The zero-order valence-electron chi connectivity index (χ0n) is 16.4. The molecule has 1 aliphatic heterocycles. The molecule has 2 aromatic carbocycles. The van der Waals surface area contributed by atoms with Gasteiger partial charge in [0.15, 0.2) is 5.75 Å². The van der Waals surface area contributed by atoms with Gasteiger partial charge in [-0.3, -0.25) is 19.8 Å². The van der Waals surface area contributed by atoms with Gasteiger partial charge in [0.25, 0.3) is 0 Å². The number of ether oxygens (including phenoxy) is 1. The number of nitrogens with zero attached hydrogens (tertiary/aromatic N) is 2. The first-order chi connectivity index (χ1) is 13.9. The van der Waals surface area contributed by atoms with E-state index in [0.29, 0.717) is 23.7 Å². The first-order valence-electron chi connectivity index (χ1n) is 9.47. The molecule has 2 aromatic rings. The Hall–Kier alpha value is -2.64. The van der Waals surface area contributed by atoms with E-state index < -0.39 is 4.92 Å². The van der Waals surface area contributed by atoms with Crippen molar-refractivity contribution in [3.8, 4) is 5.75 Å². The second kappa shape index (κ2) is 9.24. The van der Waals surface area contributed by atoms with Gasteiger partial charge in [0.1, 0.15) is 0 Å². The number of amides is 1. The van der Waals surface area contributed by atoms with Gasteiger partial charge >= 0.3 is 5.69 Å². The number of nitro groups is 1. The van der Waals surface area contributed by atoms with Crippen LogP contribution >= 0.6 is 11.6 Å². The second-order valence-electron chi connectivity index (χ2n) is 7.23. The quantitative estimate of drug-likeness (QED) is 0.547. The SMILES string of the molecule is COc1cccc(CN2CCC(NC(=O)C(C)c3ccc(Cl)cc3)C2)c1[N+](=O)[O-]. The van der Waals surface area contributed by atoms with E-state index in [9.17, 15) is 14.9 Å². The van der Waals surface area contributed by atoms with Crippen LogP contribution < -0.4 is 10.1 Å². The van der Waals surface area contributed by atoms with Crippen LogP contribution in [0.3, 0.4) is 0 Å². The van der Waals surface area contributed by atoms with E-state index in [1.165, 1.54) is 7.11 Å². The fourth-order valence-electron chi connectivity index (χ4n) is 3.63. The van der Waals surface area contributed by atoms with Gasteiger partial charge in [-0.2, -0.15) is 0 Å². The van der Waals surface area contributed by atoms with E-state index >= 15 is 0 Å². The van der Waals surface area contributed by atoms with Crippen LogP contribution in [0.1, 0.15) is 30.4 Å². The zero-order valence-corrected chi connectivity index (χ0v) is 17.2. The molecule has 154 valence electrons. The molecule has 0 saturated carbocycles. The number of hydrogen-bond donors (Lipinski definition) is 1. The minimum Gasteiger partial charge on any atom is -0.490 e. The average Bonchev–Trinajstić information content (AvgIpc) is 3.14. The summed E-state index contributed by atoms with van der Waals surface area (Å²) in [6.07, 6.45) is 0.802. The number of nitro benzene ring substituents is 1. The number of nitrogens with one attached hydrogen (secondary N) is 1. The normalized spacial score (nSPS) is 17.7. The van der Waals surface area contributed by atoms with Crippen LogP contribution in [0.25, 0.3) is 0 Å². The summed E-state index contributed by atoms with van der Waals surface area (Å²) < 4.78 is 5.14. The van der Waals surface area contributed by atoms with Crippen molar-refractivity contribution in [3.63, 3.8) is 0 Å². The van der Waals surface area contributed by atoms with Crippen LogP contribution in [0.15, 0.2) is 42.5 Å². The van der Waals surface area contributed by atoms with E-state index in [4.69, 9.17) is 16.3 Å². The highest BCUT2D eigenvalue weighted by Gasteiger charge is 2.28. The molecule has 1 amide bonds. The summed E-state index contributed by atoms with van der Waals surface area (Å²) in [5.41, 5.74) is 1.52. The molecule has 2 unspecified atom stereocenters. The third kappa shape index (κ3) is 5.05. The van der Waals surface area contributed by atoms with Gasteiger partial charge in [0.2, 0.25) is 5.91 Å². The van der Waals surface area contributed by atoms with Gasteiger partial charge in [-0.05, 0) is 37.1 Å². The monoisotopic (exact) mass is 417 g/mol. The molecule has 0 aliphatic carbocycles. The number of carbonyl (C=O) groups excluding carboxylic acids is 1. The molecule has 0 radical (unpaired) electrons. The lowest BCUT2D eigenvalue weighted by molar-refractivity contribution is -0.386. The number of carbonyl (C=O) groups is 1. The summed E-state index contributed by atoms with van der Waals surface area (Å²) >= 11 is 5.91. The Labute approximate surface area is 174 Å². The molecular formula is C21H24ClN3O4. The maximum absolute atomic E-state index is 12.6. The highest BCUT2D eigenvalue weighted by Crippen LogP contribution is 2.32. The fourth-order valence-corrected chi connectivity index (χ4v) is 3.76. The third-order valence-corrected chi connectivity index (χ3v) is 5.51. The minimum absolute atomic E-state index is 0.00107. The van der Waals surface area contributed by atoms with E-state index in [-0.39, 0.29) is 29.3 Å². The molecule has 2 atom stereocenters. The van der Waals surface area contributed by atoms with Crippen LogP contribution in [0, 0.1) is 10.1 Å². The van der Waals surface area contributed by atoms with Crippen LogP contribution in [0.4, 0.5) is 5.69 Å². The summed E-state index contributed by atoms with van der Waals surface area (Å²) in [6.45, 7) is 3.71. The van der Waals surface area contributed by atoms with Crippen molar-refractivity contribution in [1.82, 2.24) is 10.2 Å². The molecule has 0 spiro atoms. The van der Waals surface area contributed by atoms with E-state index in [0.717, 1.165) is 18.5 Å². The topological polar surface area (TPSA) is 84.7 Å². The number of rotatable bonds is 7. The third-order valence-electron chi connectivity index (χ3n) is 5.26. The highest BCUT2D eigenvalue weighted by atomic mass is 35.5. The Balaban J connectivity index is 1.60. The maximum atomic E-state index is 12.6. The second-order valence-corrected chi connectivity index (χ2v) is 7.66. The molecule has 1 saturated heterocycles. The molecule has 1 fully saturated rings. The van der Waals surface area contributed by atoms with Crippen molar-refractivity contribution >= 4 is 23.2 Å². The van der Waals surface area contributed by atoms with Crippen molar-refractivity contribution in [2.45, 2.75) is 31.8 Å². The fraction of sp³-hybridized carbons (Fsp3) is 0.381. The number of likely N-dealkylation sites (tertiary alicyclic amines) is 1. The van der Waals surface area contributed by atoms with Crippen molar-refractivity contribution in [3.05, 3.63) is 68.7 Å². The predicted molar refractivity (Wildman–Crippen MR) is 111 cm³/mol. The van der Waals surface area contributed by atoms with Crippen LogP contribution in [0.5, 0.6) is 5.75 Å². The first-order valence-corrected chi connectivity index (χ1v) is 9.85. The Morgan fingerprint density at radius 2 is 2.07 bits per heavy atom. The lowest BCUT2D eigenvalue weighted by atomic mass is 10.00. The molecule has 1 N–H and O–H groups in total.